The van der Waals surface area contributed by atoms with Crippen LogP contribution in [-0.4, -0.2) is 44.9 Å². The fourth-order valence-corrected chi connectivity index (χ4v) is 4.98. The average molecular weight is 403 g/mol. The summed E-state index contributed by atoms with van der Waals surface area (Å²) < 4.78 is 33.0. The minimum Gasteiger partial charge on any atom is -0.492 e. The summed E-state index contributed by atoms with van der Waals surface area (Å²) >= 11 is 0. The molecule has 7 heteroatoms. The molecule has 1 aliphatic rings. The summed E-state index contributed by atoms with van der Waals surface area (Å²) in [6.45, 7) is 3.49. The van der Waals surface area contributed by atoms with Crippen LogP contribution in [0.5, 0.6) is 5.75 Å². The van der Waals surface area contributed by atoms with E-state index in [2.05, 4.69) is 5.32 Å². The Labute approximate surface area is 166 Å². The Hall–Kier alpha value is -2.38. The minimum absolute atomic E-state index is 0.211. The van der Waals surface area contributed by atoms with E-state index in [0.717, 1.165) is 25.0 Å². The number of rotatable bonds is 7. The van der Waals surface area contributed by atoms with Gasteiger partial charge in [0.15, 0.2) is 0 Å². The zero-order valence-corrected chi connectivity index (χ0v) is 16.9. The standard InChI is InChI=1S/C21H26N2O4S/c1-17-10-11-18(16-20(17)28(25,26)23-13-6-3-7-14-23)21(24)22-12-15-27-19-8-4-2-5-9-19/h2,4-5,8-11,16H,3,6-7,12-15H2,1H3,(H,22,24). The van der Waals surface area contributed by atoms with Crippen LogP contribution in [0.1, 0.15) is 35.2 Å². The second-order valence-electron chi connectivity index (χ2n) is 6.86. The Morgan fingerprint density at radius 1 is 1.07 bits per heavy atom. The van der Waals surface area contributed by atoms with Gasteiger partial charge in [-0.25, -0.2) is 8.42 Å². The molecule has 0 radical (unpaired) electrons. The Morgan fingerprint density at radius 2 is 1.79 bits per heavy atom. The lowest BCUT2D eigenvalue weighted by Crippen LogP contribution is -2.36. The van der Waals surface area contributed by atoms with Crippen LogP contribution in [0.25, 0.3) is 0 Å². The molecule has 0 atom stereocenters. The number of piperidine rings is 1. The molecule has 1 aliphatic heterocycles. The maximum atomic E-state index is 13.0. The normalized spacial score (nSPS) is 15.2. The van der Waals surface area contributed by atoms with Gasteiger partial charge in [-0.1, -0.05) is 30.7 Å². The third-order valence-electron chi connectivity index (χ3n) is 4.78. The van der Waals surface area contributed by atoms with Crippen LogP contribution < -0.4 is 10.1 Å². The summed E-state index contributed by atoms with van der Waals surface area (Å²) in [6.07, 6.45) is 2.80. The number of amides is 1. The van der Waals surface area contributed by atoms with Gasteiger partial charge in [-0.05, 0) is 49.6 Å². The first-order valence-corrected chi connectivity index (χ1v) is 11.0. The summed E-state index contributed by atoms with van der Waals surface area (Å²) in [5.41, 5.74) is 0.982. The molecule has 0 spiro atoms. The van der Waals surface area contributed by atoms with E-state index in [1.807, 2.05) is 30.3 Å². The maximum absolute atomic E-state index is 13.0. The van der Waals surface area contributed by atoms with Crippen LogP contribution >= 0.6 is 0 Å². The second-order valence-corrected chi connectivity index (χ2v) is 8.77. The van der Waals surface area contributed by atoms with E-state index in [1.54, 1.807) is 19.1 Å². The number of carbonyl (C=O) groups excluding carboxylic acids is 1. The van der Waals surface area contributed by atoms with E-state index in [9.17, 15) is 13.2 Å². The summed E-state index contributed by atoms with van der Waals surface area (Å²) in [7, 11) is -3.58. The van der Waals surface area contributed by atoms with Gasteiger partial charge in [0.2, 0.25) is 10.0 Å². The molecule has 1 saturated heterocycles. The summed E-state index contributed by atoms with van der Waals surface area (Å²) in [5.74, 6) is 0.425. The van der Waals surface area contributed by atoms with E-state index in [0.29, 0.717) is 37.4 Å². The van der Waals surface area contributed by atoms with Gasteiger partial charge in [-0.2, -0.15) is 4.31 Å². The molecular formula is C21H26N2O4S. The van der Waals surface area contributed by atoms with Gasteiger partial charge in [0.1, 0.15) is 12.4 Å². The molecule has 1 fully saturated rings. The van der Waals surface area contributed by atoms with Gasteiger partial charge in [-0.3, -0.25) is 4.79 Å². The van der Waals surface area contributed by atoms with Crippen LogP contribution in [0.2, 0.25) is 0 Å². The number of benzene rings is 2. The number of hydrogen-bond donors (Lipinski definition) is 1. The molecule has 0 bridgehead atoms. The van der Waals surface area contributed by atoms with Crippen LogP contribution in [0, 0.1) is 6.92 Å². The van der Waals surface area contributed by atoms with Crippen molar-refractivity contribution in [1.29, 1.82) is 0 Å². The van der Waals surface area contributed by atoms with Crippen molar-refractivity contribution in [3.05, 3.63) is 59.7 Å². The fourth-order valence-electron chi connectivity index (χ4n) is 3.22. The van der Waals surface area contributed by atoms with Crippen LogP contribution in [0.3, 0.4) is 0 Å². The number of carbonyl (C=O) groups is 1. The molecule has 3 rings (SSSR count). The van der Waals surface area contributed by atoms with Crippen LogP contribution in [0.4, 0.5) is 0 Å². The fraction of sp³-hybridized carbons (Fsp3) is 0.381. The lowest BCUT2D eigenvalue weighted by atomic mass is 10.1. The highest BCUT2D eigenvalue weighted by atomic mass is 32.2. The first-order chi connectivity index (χ1) is 13.5. The zero-order chi connectivity index (χ0) is 20.0. The van der Waals surface area contributed by atoms with Crippen molar-refractivity contribution in [3.8, 4) is 5.75 Å². The van der Waals surface area contributed by atoms with Gasteiger partial charge in [-0.15, -0.1) is 0 Å². The molecule has 1 heterocycles. The van der Waals surface area contributed by atoms with E-state index < -0.39 is 10.0 Å². The molecule has 28 heavy (non-hydrogen) atoms. The number of nitrogens with one attached hydrogen (secondary N) is 1. The molecule has 0 saturated carbocycles. The molecule has 1 N–H and O–H groups in total. The first kappa shape index (κ1) is 20.4. The monoisotopic (exact) mass is 402 g/mol. The number of nitrogens with zero attached hydrogens (tertiary/aromatic N) is 1. The van der Waals surface area contributed by atoms with Gasteiger partial charge in [0.05, 0.1) is 11.4 Å². The van der Waals surface area contributed by atoms with Crippen molar-refractivity contribution in [2.24, 2.45) is 0 Å². The molecule has 150 valence electrons. The molecule has 0 aliphatic carbocycles. The van der Waals surface area contributed by atoms with E-state index in [-0.39, 0.29) is 10.8 Å². The van der Waals surface area contributed by atoms with Crippen molar-refractivity contribution in [1.82, 2.24) is 9.62 Å². The Morgan fingerprint density at radius 3 is 2.50 bits per heavy atom. The van der Waals surface area contributed by atoms with Crippen LogP contribution in [-0.2, 0) is 10.0 Å². The lowest BCUT2D eigenvalue weighted by Gasteiger charge is -2.26. The van der Waals surface area contributed by atoms with Gasteiger partial charge in [0.25, 0.3) is 5.91 Å². The number of aryl methyl sites for hydroxylation is 1. The quantitative estimate of drug-likeness (QED) is 0.723. The summed E-state index contributed by atoms with van der Waals surface area (Å²) in [5, 5.41) is 2.77. The average Bonchev–Trinajstić information content (AvgIpc) is 2.72. The third-order valence-corrected chi connectivity index (χ3v) is 6.82. The van der Waals surface area contributed by atoms with Crippen LogP contribution in [0.15, 0.2) is 53.4 Å². The molecular weight excluding hydrogens is 376 g/mol. The molecule has 1 amide bonds. The third kappa shape index (κ3) is 4.91. The number of hydrogen-bond acceptors (Lipinski definition) is 4. The molecule has 2 aromatic rings. The summed E-state index contributed by atoms with van der Waals surface area (Å²) in [6, 6.07) is 14.2. The summed E-state index contributed by atoms with van der Waals surface area (Å²) in [4.78, 5) is 12.7. The maximum Gasteiger partial charge on any atom is 0.251 e. The van der Waals surface area contributed by atoms with E-state index >= 15 is 0 Å². The van der Waals surface area contributed by atoms with Crippen molar-refractivity contribution in [2.75, 3.05) is 26.2 Å². The Kier molecular flexibility index (Phi) is 6.70. The number of para-hydroxylation sites is 1. The largest absolute Gasteiger partial charge is 0.492 e. The first-order valence-electron chi connectivity index (χ1n) is 9.55. The number of ether oxygens (including phenoxy) is 1. The molecule has 6 nitrogen and oxygen atoms in total. The van der Waals surface area contributed by atoms with Gasteiger partial charge < -0.3 is 10.1 Å². The van der Waals surface area contributed by atoms with E-state index in [4.69, 9.17) is 4.74 Å². The predicted octanol–water partition coefficient (Wildman–Crippen LogP) is 2.98. The van der Waals surface area contributed by atoms with Crippen molar-refractivity contribution < 1.29 is 17.9 Å². The van der Waals surface area contributed by atoms with Gasteiger partial charge in [0, 0.05) is 18.7 Å². The lowest BCUT2D eigenvalue weighted by molar-refractivity contribution is 0.0946. The highest BCUT2D eigenvalue weighted by Crippen LogP contribution is 2.24. The highest BCUT2D eigenvalue weighted by molar-refractivity contribution is 7.89. The Balaban J connectivity index is 1.64. The van der Waals surface area contributed by atoms with Gasteiger partial charge >= 0.3 is 0 Å². The topological polar surface area (TPSA) is 75.7 Å². The van der Waals surface area contributed by atoms with Crippen molar-refractivity contribution in [3.63, 3.8) is 0 Å². The molecule has 0 aromatic heterocycles. The zero-order valence-electron chi connectivity index (χ0n) is 16.1. The SMILES string of the molecule is Cc1ccc(C(=O)NCCOc2ccccc2)cc1S(=O)(=O)N1CCCCC1. The predicted molar refractivity (Wildman–Crippen MR) is 108 cm³/mol. The molecule has 0 unspecified atom stereocenters. The Bertz CT molecular complexity index is 907. The number of sulfonamides is 1. The van der Waals surface area contributed by atoms with Crippen molar-refractivity contribution in [2.45, 2.75) is 31.1 Å². The minimum atomic E-state index is -3.58. The smallest absolute Gasteiger partial charge is 0.251 e. The second kappa shape index (κ2) is 9.21. The molecule has 2 aromatic carbocycles. The highest BCUT2D eigenvalue weighted by Gasteiger charge is 2.28. The van der Waals surface area contributed by atoms with E-state index in [1.165, 1.54) is 10.4 Å². The van der Waals surface area contributed by atoms with Crippen molar-refractivity contribution >= 4 is 15.9 Å².